The highest BCUT2D eigenvalue weighted by Gasteiger charge is 2.26. The van der Waals surface area contributed by atoms with Crippen LogP contribution in [0.4, 0.5) is 0 Å². The molecule has 0 N–H and O–H groups in total. The monoisotopic (exact) mass is 347 g/mol. The maximum Gasteiger partial charge on any atom is 0.226 e. The number of aromatic nitrogens is 3. The van der Waals surface area contributed by atoms with Crippen LogP contribution < -0.4 is 0 Å². The van der Waals surface area contributed by atoms with Crippen LogP contribution in [0.3, 0.4) is 0 Å². The quantitative estimate of drug-likeness (QED) is 0.644. The molecule has 2 aromatic heterocycles. The van der Waals surface area contributed by atoms with Crippen molar-refractivity contribution in [3.63, 3.8) is 0 Å². The van der Waals surface area contributed by atoms with Crippen molar-refractivity contribution >= 4 is 5.78 Å². The number of hydrogen-bond acceptors (Lipinski definition) is 5. The lowest BCUT2D eigenvalue weighted by Crippen LogP contribution is -2.06. The van der Waals surface area contributed by atoms with E-state index in [2.05, 4.69) is 27.3 Å². The van der Waals surface area contributed by atoms with Gasteiger partial charge in [-0.15, -0.1) is 0 Å². The Kier molecular flexibility index (Phi) is 4.37. The molecule has 1 aliphatic rings. The van der Waals surface area contributed by atoms with E-state index in [0.29, 0.717) is 23.7 Å². The second-order valence-corrected chi connectivity index (χ2v) is 6.83. The number of Topliss-reactive ketones (excluding diaryl/α,β-unsaturated/α-hetero) is 1. The highest BCUT2D eigenvalue weighted by atomic mass is 16.5. The lowest BCUT2D eigenvalue weighted by atomic mass is 9.93. The van der Waals surface area contributed by atoms with E-state index >= 15 is 0 Å². The van der Waals surface area contributed by atoms with Crippen molar-refractivity contribution in [1.82, 2.24) is 15.1 Å². The van der Waals surface area contributed by atoms with E-state index in [1.54, 1.807) is 6.20 Å². The number of pyridine rings is 1. The van der Waals surface area contributed by atoms with Crippen LogP contribution in [0.25, 0.3) is 11.4 Å². The van der Waals surface area contributed by atoms with Gasteiger partial charge in [0.05, 0.1) is 0 Å². The summed E-state index contributed by atoms with van der Waals surface area (Å²) >= 11 is 0. The van der Waals surface area contributed by atoms with E-state index < -0.39 is 0 Å². The predicted octanol–water partition coefficient (Wildman–Crippen LogP) is 4.31. The SMILES string of the molecule is CCc1nc(-c2ccc3c(c2)CC[C@H]3CC(=O)c2ccc(C)nc2)no1. The standard InChI is InChI=1S/C21H21N3O2/c1-3-20-23-21(24-26-20)16-8-9-18-14(10-16)6-7-15(18)11-19(25)17-5-4-13(2)22-12-17/h4-5,8-10,12,15H,3,6-7,11H2,1-2H3/t15-/m0/s1. The molecule has 1 aliphatic carbocycles. The number of benzene rings is 1. The van der Waals surface area contributed by atoms with Crippen molar-refractivity contribution in [3.05, 3.63) is 64.8 Å². The Labute approximate surface area is 152 Å². The summed E-state index contributed by atoms with van der Waals surface area (Å²) in [5.41, 5.74) is 5.14. The van der Waals surface area contributed by atoms with Crippen LogP contribution in [0.1, 0.15) is 58.8 Å². The number of carbonyl (C=O) groups is 1. The van der Waals surface area contributed by atoms with Gasteiger partial charge in [-0.2, -0.15) is 4.98 Å². The Balaban J connectivity index is 1.52. The van der Waals surface area contributed by atoms with Crippen molar-refractivity contribution in [2.75, 3.05) is 0 Å². The molecular formula is C21H21N3O2. The first-order valence-electron chi connectivity index (χ1n) is 9.05. The summed E-state index contributed by atoms with van der Waals surface area (Å²) in [6, 6.07) is 10.0. The molecule has 132 valence electrons. The van der Waals surface area contributed by atoms with E-state index in [1.807, 2.05) is 32.0 Å². The largest absolute Gasteiger partial charge is 0.339 e. The zero-order valence-electron chi connectivity index (χ0n) is 15.0. The molecule has 0 radical (unpaired) electrons. The van der Waals surface area contributed by atoms with Gasteiger partial charge in [0.2, 0.25) is 11.7 Å². The Morgan fingerprint density at radius 3 is 2.88 bits per heavy atom. The predicted molar refractivity (Wildman–Crippen MR) is 98.1 cm³/mol. The van der Waals surface area contributed by atoms with Gasteiger partial charge >= 0.3 is 0 Å². The average Bonchev–Trinajstić information content (AvgIpc) is 3.29. The van der Waals surface area contributed by atoms with Crippen LogP contribution in [0.5, 0.6) is 0 Å². The molecule has 1 aromatic carbocycles. The molecule has 5 nitrogen and oxygen atoms in total. The van der Waals surface area contributed by atoms with Gasteiger partial charge in [0.15, 0.2) is 5.78 Å². The smallest absolute Gasteiger partial charge is 0.226 e. The minimum absolute atomic E-state index is 0.158. The first-order valence-corrected chi connectivity index (χ1v) is 9.05. The van der Waals surface area contributed by atoms with Crippen LogP contribution in [0.2, 0.25) is 0 Å². The van der Waals surface area contributed by atoms with Gasteiger partial charge in [-0.1, -0.05) is 24.2 Å². The molecule has 0 spiro atoms. The number of aryl methyl sites for hydroxylation is 3. The average molecular weight is 347 g/mol. The minimum Gasteiger partial charge on any atom is -0.339 e. The highest BCUT2D eigenvalue weighted by molar-refractivity contribution is 5.96. The van der Waals surface area contributed by atoms with Crippen LogP contribution in [-0.2, 0) is 12.8 Å². The van der Waals surface area contributed by atoms with Gasteiger partial charge in [0, 0.05) is 35.9 Å². The van der Waals surface area contributed by atoms with Crippen molar-refractivity contribution in [3.8, 4) is 11.4 Å². The normalized spacial score (nSPS) is 15.8. The molecule has 5 heteroatoms. The summed E-state index contributed by atoms with van der Waals surface area (Å²) in [5.74, 6) is 1.71. The van der Waals surface area contributed by atoms with E-state index in [1.165, 1.54) is 11.1 Å². The molecule has 26 heavy (non-hydrogen) atoms. The Morgan fingerprint density at radius 2 is 2.15 bits per heavy atom. The summed E-state index contributed by atoms with van der Waals surface area (Å²) in [5, 5.41) is 4.05. The van der Waals surface area contributed by atoms with E-state index in [9.17, 15) is 4.79 Å². The molecule has 0 unspecified atom stereocenters. The third kappa shape index (κ3) is 3.17. The van der Waals surface area contributed by atoms with Crippen LogP contribution in [0.15, 0.2) is 41.1 Å². The molecule has 1 atom stereocenters. The maximum absolute atomic E-state index is 12.6. The second kappa shape index (κ2) is 6.83. The fourth-order valence-electron chi connectivity index (χ4n) is 3.55. The van der Waals surface area contributed by atoms with E-state index in [4.69, 9.17) is 4.52 Å². The lowest BCUT2D eigenvalue weighted by molar-refractivity contribution is 0.0973. The zero-order valence-corrected chi connectivity index (χ0v) is 15.0. The molecule has 0 saturated carbocycles. The summed E-state index contributed by atoms with van der Waals surface area (Å²) < 4.78 is 5.21. The van der Waals surface area contributed by atoms with Crippen molar-refractivity contribution in [2.24, 2.45) is 0 Å². The Morgan fingerprint density at radius 1 is 1.27 bits per heavy atom. The van der Waals surface area contributed by atoms with Crippen molar-refractivity contribution < 1.29 is 9.32 Å². The summed E-state index contributed by atoms with van der Waals surface area (Å²) in [4.78, 5) is 21.2. The Bertz CT molecular complexity index is 944. The first-order chi connectivity index (χ1) is 12.6. The molecule has 0 bridgehead atoms. The number of rotatable bonds is 5. The van der Waals surface area contributed by atoms with E-state index in [-0.39, 0.29) is 11.7 Å². The number of ketones is 1. The van der Waals surface area contributed by atoms with Gasteiger partial charge in [-0.25, -0.2) is 0 Å². The topological polar surface area (TPSA) is 68.9 Å². The highest BCUT2D eigenvalue weighted by Crippen LogP contribution is 2.38. The third-order valence-electron chi connectivity index (χ3n) is 5.04. The summed E-state index contributed by atoms with van der Waals surface area (Å²) in [7, 11) is 0. The number of fused-ring (bicyclic) bond motifs is 1. The summed E-state index contributed by atoms with van der Waals surface area (Å²) in [6.07, 6.45) is 4.91. The third-order valence-corrected chi connectivity index (χ3v) is 5.04. The van der Waals surface area contributed by atoms with Crippen molar-refractivity contribution in [1.29, 1.82) is 0 Å². The summed E-state index contributed by atoms with van der Waals surface area (Å²) in [6.45, 7) is 3.91. The fourth-order valence-corrected chi connectivity index (χ4v) is 3.55. The Hall–Kier alpha value is -2.82. The molecule has 0 aliphatic heterocycles. The van der Waals surface area contributed by atoms with Gasteiger partial charge in [-0.05, 0) is 55.0 Å². The van der Waals surface area contributed by atoms with Gasteiger partial charge in [0.1, 0.15) is 0 Å². The molecule has 4 rings (SSSR count). The number of hydrogen-bond donors (Lipinski definition) is 0. The van der Waals surface area contributed by atoms with Gasteiger partial charge in [0.25, 0.3) is 0 Å². The van der Waals surface area contributed by atoms with Crippen LogP contribution >= 0.6 is 0 Å². The molecule has 2 heterocycles. The minimum atomic E-state index is 0.158. The molecular weight excluding hydrogens is 326 g/mol. The number of carbonyl (C=O) groups excluding carboxylic acids is 1. The van der Waals surface area contributed by atoms with E-state index in [0.717, 1.165) is 30.5 Å². The maximum atomic E-state index is 12.6. The fraction of sp³-hybridized carbons (Fsp3) is 0.333. The van der Waals surface area contributed by atoms with Crippen molar-refractivity contribution in [2.45, 2.75) is 45.4 Å². The van der Waals surface area contributed by atoms with Gasteiger partial charge < -0.3 is 4.52 Å². The lowest BCUT2D eigenvalue weighted by Gasteiger charge is -2.11. The van der Waals surface area contributed by atoms with Crippen LogP contribution in [0, 0.1) is 6.92 Å². The molecule has 0 saturated heterocycles. The second-order valence-electron chi connectivity index (χ2n) is 6.83. The molecule has 0 fully saturated rings. The molecule has 3 aromatic rings. The number of nitrogens with zero attached hydrogens (tertiary/aromatic N) is 3. The van der Waals surface area contributed by atoms with Crippen LogP contribution in [-0.4, -0.2) is 20.9 Å². The first kappa shape index (κ1) is 16.6. The van der Waals surface area contributed by atoms with Gasteiger partial charge in [-0.3, -0.25) is 9.78 Å². The molecule has 0 amide bonds. The zero-order chi connectivity index (χ0) is 18.1.